The molecule has 1 fully saturated rings. The number of phenolic OH excluding ortho intramolecular Hbond substituents is 1. The topological polar surface area (TPSA) is 369 Å². The smallest absolute Gasteiger partial charge is 0.326 e. The summed E-state index contributed by atoms with van der Waals surface area (Å²) in [6.07, 6.45) is 2.97. The number of nitrogens with two attached hydrogens (primary N) is 4. The predicted octanol–water partition coefficient (Wildman–Crippen LogP) is 0.223. The molecule has 71 heavy (non-hydrogen) atoms. The van der Waals surface area contributed by atoms with Crippen LogP contribution in [0.3, 0.4) is 0 Å². The zero-order valence-corrected chi connectivity index (χ0v) is 43.0. The number of hydrogen-bond donors (Lipinski definition) is 12. The van der Waals surface area contributed by atoms with Crippen LogP contribution in [0.5, 0.6) is 5.75 Å². The van der Waals surface area contributed by atoms with Gasteiger partial charge in [-0.2, -0.15) is 0 Å². The summed E-state index contributed by atoms with van der Waals surface area (Å²) in [5, 5.41) is 36.2. The number of aliphatic imine (C=N–C) groups is 1. The van der Waals surface area contributed by atoms with Gasteiger partial charge in [0, 0.05) is 19.5 Å². The van der Waals surface area contributed by atoms with E-state index in [1.165, 1.54) is 17.0 Å². The molecule has 0 radical (unpaired) electrons. The Bertz CT molecular complexity index is 1940. The van der Waals surface area contributed by atoms with Crippen LogP contribution in [0, 0.1) is 23.7 Å². The van der Waals surface area contributed by atoms with Gasteiger partial charge in [0.1, 0.15) is 48.0 Å². The Kier molecular flexibility index (Phi) is 26.4. The van der Waals surface area contributed by atoms with Crippen LogP contribution in [0.1, 0.15) is 125 Å². The van der Waals surface area contributed by atoms with Crippen LogP contribution in [0.4, 0.5) is 0 Å². The van der Waals surface area contributed by atoms with Crippen molar-refractivity contribution in [3.8, 4) is 5.75 Å². The number of carbonyl (C=O) groups is 8. The number of hydrogen-bond acceptors (Lipinski definition) is 12. The molecule has 16 N–H and O–H groups in total. The molecule has 1 aliphatic heterocycles. The van der Waals surface area contributed by atoms with Crippen LogP contribution in [-0.4, -0.2) is 136 Å². The lowest BCUT2D eigenvalue weighted by molar-refractivity contribution is -0.144. The van der Waals surface area contributed by atoms with E-state index in [0.717, 1.165) is 0 Å². The highest BCUT2D eigenvalue weighted by Gasteiger charge is 2.40. The second-order valence-electron chi connectivity index (χ2n) is 20.2. The van der Waals surface area contributed by atoms with Crippen molar-refractivity contribution in [1.29, 1.82) is 0 Å². The van der Waals surface area contributed by atoms with Gasteiger partial charge in [-0.05, 0) is 106 Å². The van der Waals surface area contributed by atoms with Crippen molar-refractivity contribution in [2.75, 3.05) is 19.6 Å². The first-order valence-corrected chi connectivity index (χ1v) is 25.0. The first kappa shape index (κ1) is 61.1. The van der Waals surface area contributed by atoms with Gasteiger partial charge in [-0.3, -0.25) is 38.6 Å². The molecule has 0 spiro atoms. The van der Waals surface area contributed by atoms with Gasteiger partial charge < -0.3 is 69.9 Å². The third-order valence-corrected chi connectivity index (χ3v) is 12.0. The predicted molar refractivity (Wildman–Crippen MR) is 270 cm³/mol. The van der Waals surface area contributed by atoms with E-state index in [9.17, 15) is 48.6 Å². The van der Waals surface area contributed by atoms with E-state index in [0.29, 0.717) is 37.8 Å². The van der Waals surface area contributed by atoms with Crippen LogP contribution in [0.15, 0.2) is 29.3 Å². The minimum absolute atomic E-state index is 0.0213. The molecule has 0 aromatic heterocycles. The van der Waals surface area contributed by atoms with E-state index in [-0.39, 0.29) is 87.5 Å². The van der Waals surface area contributed by atoms with E-state index in [1.54, 1.807) is 26.0 Å². The Hall–Kier alpha value is -6.03. The summed E-state index contributed by atoms with van der Waals surface area (Å²) in [7, 11) is 0. The zero-order chi connectivity index (χ0) is 53.5. The molecule has 1 heterocycles. The normalized spacial score (nSPS) is 16.5. The van der Waals surface area contributed by atoms with Crippen molar-refractivity contribution >= 4 is 53.3 Å². The number of phenols is 1. The number of rotatable bonds is 31. The average Bonchev–Trinajstić information content (AvgIpc) is 3.78. The van der Waals surface area contributed by atoms with Crippen LogP contribution in [0.2, 0.25) is 0 Å². The fraction of sp³-hybridized carbons (Fsp3) is 0.694. The molecule has 22 heteroatoms. The number of unbranched alkanes of at least 4 members (excludes halogenated alkanes) is 1. The van der Waals surface area contributed by atoms with E-state index in [2.05, 4.69) is 36.9 Å². The highest BCUT2D eigenvalue weighted by molar-refractivity contribution is 5.98. The molecule has 1 saturated heterocycles. The van der Waals surface area contributed by atoms with E-state index < -0.39 is 102 Å². The minimum Gasteiger partial charge on any atom is -0.508 e. The molecule has 400 valence electrons. The molecule has 8 atom stereocenters. The van der Waals surface area contributed by atoms with Crippen molar-refractivity contribution in [1.82, 2.24) is 36.8 Å². The summed E-state index contributed by atoms with van der Waals surface area (Å²) in [6, 6.07) is -3.05. The van der Waals surface area contributed by atoms with E-state index >= 15 is 0 Å². The van der Waals surface area contributed by atoms with Gasteiger partial charge in [0.25, 0.3) is 0 Å². The van der Waals surface area contributed by atoms with Crippen LogP contribution >= 0.6 is 0 Å². The minimum atomic E-state index is -1.29. The number of carboxylic acids is 1. The molecule has 0 bridgehead atoms. The third kappa shape index (κ3) is 21.9. The number of likely N-dealkylation sites (tertiary alicyclic amines) is 1. The van der Waals surface area contributed by atoms with Gasteiger partial charge in [-0.25, -0.2) is 4.79 Å². The number of aromatic hydroxyl groups is 1. The Labute approximate surface area is 418 Å². The molecule has 0 unspecified atom stereocenters. The van der Waals surface area contributed by atoms with Crippen LogP contribution < -0.4 is 54.8 Å². The van der Waals surface area contributed by atoms with E-state index in [1.807, 2.05) is 41.5 Å². The highest BCUT2D eigenvalue weighted by atomic mass is 16.4. The lowest BCUT2D eigenvalue weighted by atomic mass is 9.98. The summed E-state index contributed by atoms with van der Waals surface area (Å²) in [6.45, 7) is 15.2. The summed E-state index contributed by atoms with van der Waals surface area (Å²) in [5.74, 6) is -6.66. The summed E-state index contributed by atoms with van der Waals surface area (Å²) in [4.78, 5) is 115. The van der Waals surface area contributed by atoms with Crippen molar-refractivity contribution in [2.45, 2.75) is 174 Å². The number of guanidine groups is 1. The Morgan fingerprint density at radius 2 is 1.18 bits per heavy atom. The number of nitrogens with zero attached hydrogens (tertiary/aromatic N) is 2. The standard InChI is InChI=1S/C49H84N12O10/c1-27(2)23-35(56-44(66)37(26-31-16-18-32(62)19-17-31)58-46(68)40(30(7)8)60-41(63)33(51)13-9-10-20-50)42(64)55-34(14-11-21-54-49(52)53)47(69)61-22-12-15-39(61)45(67)57-36(24-28(3)4)43(65)59-38(48(70)71)25-29(5)6/h16-19,27-30,33-40,62H,9-15,20-26,50-51H2,1-8H3,(H,55,64)(H,56,66)(H,57,67)(H,58,68)(H,59,65)(H,60,63)(H,70,71)(H4,52,53,54)/t33-,34-,35-,36-,37-,38-,39-,40-/m0/s1. The third-order valence-electron chi connectivity index (χ3n) is 12.0. The summed E-state index contributed by atoms with van der Waals surface area (Å²) >= 11 is 0. The van der Waals surface area contributed by atoms with E-state index in [4.69, 9.17) is 22.9 Å². The molecule has 0 aliphatic carbocycles. The maximum atomic E-state index is 14.6. The second kappa shape index (κ2) is 30.7. The number of carboxylic acid groups (broad SMARTS) is 1. The lowest BCUT2D eigenvalue weighted by Crippen LogP contribution is -2.61. The second-order valence-corrected chi connectivity index (χ2v) is 20.2. The molecule has 0 saturated carbocycles. The molecule has 2 rings (SSSR count). The Morgan fingerprint density at radius 3 is 1.72 bits per heavy atom. The summed E-state index contributed by atoms with van der Waals surface area (Å²) < 4.78 is 0. The van der Waals surface area contributed by atoms with Gasteiger partial charge in [-0.1, -0.05) is 73.9 Å². The van der Waals surface area contributed by atoms with Crippen molar-refractivity contribution < 1.29 is 48.6 Å². The summed E-state index contributed by atoms with van der Waals surface area (Å²) in [5.41, 5.74) is 23.4. The maximum absolute atomic E-state index is 14.6. The highest BCUT2D eigenvalue weighted by Crippen LogP contribution is 2.22. The Balaban J connectivity index is 2.46. The molecule has 1 aliphatic rings. The van der Waals surface area contributed by atoms with Gasteiger partial charge in [0.05, 0.1) is 6.04 Å². The molecular formula is C49H84N12O10. The lowest BCUT2D eigenvalue weighted by Gasteiger charge is -2.31. The zero-order valence-electron chi connectivity index (χ0n) is 43.0. The number of amides is 7. The average molecular weight is 1000 g/mol. The largest absolute Gasteiger partial charge is 0.508 e. The molecule has 1 aromatic carbocycles. The first-order chi connectivity index (χ1) is 33.3. The van der Waals surface area contributed by atoms with Crippen molar-refractivity contribution in [3.05, 3.63) is 29.8 Å². The number of nitrogens with one attached hydrogen (secondary N) is 6. The first-order valence-electron chi connectivity index (χ1n) is 25.0. The van der Waals surface area contributed by atoms with Crippen molar-refractivity contribution in [2.24, 2.45) is 51.6 Å². The number of carbonyl (C=O) groups excluding carboxylic acids is 7. The quantitative estimate of drug-likeness (QED) is 0.0269. The van der Waals surface area contributed by atoms with Gasteiger partial charge in [0.2, 0.25) is 41.4 Å². The number of benzene rings is 1. The molecule has 1 aromatic rings. The Morgan fingerprint density at radius 1 is 0.662 bits per heavy atom. The fourth-order valence-corrected chi connectivity index (χ4v) is 8.22. The SMILES string of the molecule is CC(C)C[C@H](NC(=O)[C@H](CC(C)C)NC(=O)[C@@H]1CCCN1C(=O)[C@H](CCCN=C(N)N)NC(=O)[C@H](CC(C)C)NC(=O)[C@H](Cc1ccc(O)cc1)NC(=O)[C@@H](NC(=O)[C@@H](N)CCCCN)C(C)C)C(=O)O. The van der Waals surface area contributed by atoms with Crippen LogP contribution in [-0.2, 0) is 44.8 Å². The van der Waals surface area contributed by atoms with Gasteiger partial charge in [0.15, 0.2) is 5.96 Å². The fourth-order valence-electron chi connectivity index (χ4n) is 8.22. The van der Waals surface area contributed by atoms with Gasteiger partial charge >= 0.3 is 5.97 Å². The number of aliphatic carboxylic acids is 1. The molecular weight excluding hydrogens is 917 g/mol. The van der Waals surface area contributed by atoms with Gasteiger partial charge in [-0.15, -0.1) is 0 Å². The van der Waals surface area contributed by atoms with Crippen molar-refractivity contribution in [3.63, 3.8) is 0 Å². The molecule has 7 amide bonds. The van der Waals surface area contributed by atoms with Crippen LogP contribution in [0.25, 0.3) is 0 Å². The maximum Gasteiger partial charge on any atom is 0.326 e. The molecule has 22 nitrogen and oxygen atoms in total. The monoisotopic (exact) mass is 1000 g/mol.